The van der Waals surface area contributed by atoms with E-state index in [1.54, 1.807) is 25.1 Å². The molecule has 0 radical (unpaired) electrons. The second-order valence-corrected chi connectivity index (χ2v) is 10.5. The third-order valence-electron chi connectivity index (χ3n) is 7.54. The van der Waals surface area contributed by atoms with E-state index in [-0.39, 0.29) is 42.7 Å². The Bertz CT molecular complexity index is 1610. The summed E-state index contributed by atoms with van der Waals surface area (Å²) in [4.78, 5) is 26.7. The van der Waals surface area contributed by atoms with Gasteiger partial charge in [-0.1, -0.05) is 41.6 Å². The van der Waals surface area contributed by atoms with Crippen molar-refractivity contribution in [1.82, 2.24) is 9.88 Å². The number of hydrogen-bond acceptors (Lipinski definition) is 7. The molecule has 5 rings (SSSR count). The van der Waals surface area contributed by atoms with E-state index in [1.807, 2.05) is 59.2 Å². The molecule has 1 heterocycles. The van der Waals surface area contributed by atoms with Gasteiger partial charge in [-0.15, -0.1) is 0 Å². The van der Waals surface area contributed by atoms with Gasteiger partial charge in [-0.3, -0.25) is 10.1 Å². The molecule has 43 heavy (non-hydrogen) atoms. The van der Waals surface area contributed by atoms with Crippen LogP contribution in [-0.4, -0.2) is 46.3 Å². The average Bonchev–Trinajstić information content (AvgIpc) is 3.31. The first-order valence-corrected chi connectivity index (χ1v) is 14.3. The minimum atomic E-state index is -0.679. The molecule has 1 aliphatic carbocycles. The third kappa shape index (κ3) is 6.90. The highest BCUT2D eigenvalue weighted by molar-refractivity contribution is 6.13. The van der Waals surface area contributed by atoms with E-state index in [4.69, 9.17) is 20.9 Å². The molecule has 0 aliphatic heterocycles. The molecule has 1 aromatic heterocycles. The molecule has 224 valence electrons. The highest BCUT2D eigenvalue weighted by Crippen LogP contribution is 2.34. The van der Waals surface area contributed by atoms with Crippen LogP contribution in [0.5, 0.6) is 11.5 Å². The number of carbonyl (C=O) groups excluding carboxylic acids is 2. The van der Waals surface area contributed by atoms with Crippen LogP contribution in [0, 0.1) is 0 Å². The lowest BCUT2D eigenvalue weighted by molar-refractivity contribution is 0.0918. The number of carbonyl (C=O) groups is 2. The summed E-state index contributed by atoms with van der Waals surface area (Å²) in [6.45, 7) is 2.16. The number of nitrogens with two attached hydrogens (primary N) is 2. The van der Waals surface area contributed by atoms with Crippen LogP contribution >= 0.6 is 0 Å². The van der Waals surface area contributed by atoms with Crippen molar-refractivity contribution >= 4 is 34.4 Å². The lowest BCUT2D eigenvalue weighted by Gasteiger charge is -2.27. The second kappa shape index (κ2) is 13.3. The van der Waals surface area contributed by atoms with E-state index in [0.29, 0.717) is 27.9 Å². The first kappa shape index (κ1) is 29.5. The maximum atomic E-state index is 14.0. The molecule has 0 bridgehead atoms. The SMILES string of the molecule is CCOC(=O)Nc1c(C(=O)NC2CCC(N)CC2)n(Cc2ccc(Oc3ccccc3)cc2)c2cc(/C(N)=N/O)ccc12. The zero-order valence-corrected chi connectivity index (χ0v) is 24.0. The van der Waals surface area contributed by atoms with Crippen molar-refractivity contribution in [2.75, 3.05) is 11.9 Å². The van der Waals surface area contributed by atoms with Crippen LogP contribution in [0.25, 0.3) is 10.9 Å². The number of amides is 2. The first-order valence-electron chi connectivity index (χ1n) is 14.3. The molecule has 0 unspecified atom stereocenters. The van der Waals surface area contributed by atoms with Crippen LogP contribution in [-0.2, 0) is 11.3 Å². The number of nitrogens with one attached hydrogen (secondary N) is 2. The van der Waals surface area contributed by atoms with Gasteiger partial charge in [0.2, 0.25) is 0 Å². The molecule has 2 amide bonds. The molecule has 11 heteroatoms. The highest BCUT2D eigenvalue weighted by atomic mass is 16.5. The predicted molar refractivity (Wildman–Crippen MR) is 165 cm³/mol. The number of aromatic nitrogens is 1. The number of para-hydroxylation sites is 1. The molecular weight excluding hydrogens is 548 g/mol. The summed E-state index contributed by atoms with van der Waals surface area (Å²) in [5.41, 5.74) is 14.5. The maximum Gasteiger partial charge on any atom is 0.411 e. The van der Waals surface area contributed by atoms with Gasteiger partial charge in [0, 0.05) is 29.6 Å². The van der Waals surface area contributed by atoms with Crippen molar-refractivity contribution in [1.29, 1.82) is 0 Å². The van der Waals surface area contributed by atoms with E-state index < -0.39 is 6.09 Å². The van der Waals surface area contributed by atoms with Crippen molar-refractivity contribution in [3.63, 3.8) is 0 Å². The Morgan fingerprint density at radius 2 is 1.70 bits per heavy atom. The molecule has 7 N–H and O–H groups in total. The van der Waals surface area contributed by atoms with Gasteiger partial charge in [0.1, 0.15) is 17.2 Å². The molecule has 3 aromatic carbocycles. The lowest BCUT2D eigenvalue weighted by atomic mass is 9.92. The van der Waals surface area contributed by atoms with Crippen LogP contribution in [0.4, 0.5) is 10.5 Å². The Kier molecular flexibility index (Phi) is 9.11. The van der Waals surface area contributed by atoms with E-state index in [0.717, 1.165) is 37.0 Å². The number of oxime groups is 1. The summed E-state index contributed by atoms with van der Waals surface area (Å²) in [5, 5.41) is 19.0. The van der Waals surface area contributed by atoms with Crippen LogP contribution in [0.15, 0.2) is 78.0 Å². The Morgan fingerprint density at radius 3 is 2.37 bits per heavy atom. The molecule has 4 aromatic rings. The van der Waals surface area contributed by atoms with Crippen molar-refractivity contribution in [3.8, 4) is 11.5 Å². The van der Waals surface area contributed by atoms with Gasteiger partial charge in [0.15, 0.2) is 5.84 Å². The molecule has 0 saturated heterocycles. The summed E-state index contributed by atoms with van der Waals surface area (Å²) >= 11 is 0. The van der Waals surface area contributed by atoms with Gasteiger partial charge >= 0.3 is 6.09 Å². The van der Waals surface area contributed by atoms with Gasteiger partial charge in [0.25, 0.3) is 5.91 Å². The van der Waals surface area contributed by atoms with Gasteiger partial charge < -0.3 is 36.0 Å². The maximum absolute atomic E-state index is 14.0. The lowest BCUT2D eigenvalue weighted by Crippen LogP contribution is -2.41. The van der Waals surface area contributed by atoms with E-state index in [1.165, 1.54) is 0 Å². The predicted octanol–water partition coefficient (Wildman–Crippen LogP) is 5.14. The van der Waals surface area contributed by atoms with E-state index >= 15 is 0 Å². The third-order valence-corrected chi connectivity index (χ3v) is 7.54. The zero-order chi connectivity index (χ0) is 30.3. The molecule has 1 fully saturated rings. The molecule has 0 atom stereocenters. The number of nitrogens with zero attached hydrogens (tertiary/aromatic N) is 2. The summed E-state index contributed by atoms with van der Waals surface area (Å²) in [7, 11) is 0. The Labute approximate surface area is 249 Å². The van der Waals surface area contributed by atoms with E-state index in [2.05, 4.69) is 15.8 Å². The Morgan fingerprint density at radius 1 is 1.00 bits per heavy atom. The second-order valence-electron chi connectivity index (χ2n) is 10.5. The number of benzene rings is 3. The fraction of sp³-hybridized carbons (Fsp3) is 0.281. The molecule has 1 saturated carbocycles. The minimum Gasteiger partial charge on any atom is -0.457 e. The number of rotatable bonds is 9. The van der Waals surface area contributed by atoms with Crippen LogP contribution < -0.4 is 26.8 Å². The fourth-order valence-corrected chi connectivity index (χ4v) is 5.35. The van der Waals surface area contributed by atoms with Gasteiger partial charge in [-0.2, -0.15) is 0 Å². The van der Waals surface area contributed by atoms with Crippen LogP contribution in [0.1, 0.15) is 54.2 Å². The monoisotopic (exact) mass is 584 g/mol. The number of ether oxygens (including phenoxy) is 2. The van der Waals surface area contributed by atoms with Gasteiger partial charge in [-0.05, 0) is 74.6 Å². The number of amidine groups is 1. The summed E-state index contributed by atoms with van der Waals surface area (Å²) < 4.78 is 12.9. The molecule has 1 aliphatic rings. The van der Waals surface area contributed by atoms with E-state index in [9.17, 15) is 14.8 Å². The summed E-state index contributed by atoms with van der Waals surface area (Å²) in [6.07, 6.45) is 2.50. The number of fused-ring (bicyclic) bond motifs is 1. The first-order chi connectivity index (χ1) is 20.9. The number of anilines is 1. The highest BCUT2D eigenvalue weighted by Gasteiger charge is 2.28. The summed E-state index contributed by atoms with van der Waals surface area (Å²) in [6, 6.07) is 22.2. The fourth-order valence-electron chi connectivity index (χ4n) is 5.35. The molecule has 0 spiro atoms. The Balaban J connectivity index is 1.57. The smallest absolute Gasteiger partial charge is 0.411 e. The quantitative estimate of drug-likeness (QED) is 0.0785. The summed E-state index contributed by atoms with van der Waals surface area (Å²) in [5.74, 6) is 0.971. The zero-order valence-electron chi connectivity index (χ0n) is 24.0. The van der Waals surface area contributed by atoms with Crippen molar-refractivity contribution < 1.29 is 24.3 Å². The van der Waals surface area contributed by atoms with Gasteiger partial charge in [0.05, 0.1) is 17.8 Å². The largest absolute Gasteiger partial charge is 0.457 e. The Hall–Kier alpha value is -5.03. The topological polar surface area (TPSA) is 166 Å². The van der Waals surface area contributed by atoms with Crippen molar-refractivity contribution in [3.05, 3.63) is 89.6 Å². The average molecular weight is 585 g/mol. The standard InChI is InChI=1S/C32H36N6O5/c1-2-42-32(40)36-28-26-17-10-21(30(34)37-41)18-27(26)38(29(28)31(39)35-23-13-11-22(33)12-14-23)19-20-8-15-25(16-9-20)43-24-6-4-3-5-7-24/h3-10,15-18,22-23,41H,2,11-14,19,33H2,1H3,(H2,34,37)(H,35,39)(H,36,40). The van der Waals surface area contributed by atoms with Crippen LogP contribution in [0.3, 0.4) is 0 Å². The minimum absolute atomic E-state index is 0.0450. The molecule has 11 nitrogen and oxygen atoms in total. The van der Waals surface area contributed by atoms with Crippen LogP contribution in [0.2, 0.25) is 0 Å². The van der Waals surface area contributed by atoms with Crippen molar-refractivity contribution in [2.24, 2.45) is 16.6 Å². The van der Waals surface area contributed by atoms with Crippen molar-refractivity contribution in [2.45, 2.75) is 51.2 Å². The molecular formula is C32H36N6O5. The normalized spacial score (nSPS) is 16.9. The number of hydrogen-bond donors (Lipinski definition) is 5. The van der Waals surface area contributed by atoms with Gasteiger partial charge in [-0.25, -0.2) is 4.79 Å².